The van der Waals surface area contributed by atoms with Crippen LogP contribution in [0, 0.1) is 5.92 Å². The average molecular weight is 267 g/mol. The third-order valence-electron chi connectivity index (χ3n) is 2.87. The van der Waals surface area contributed by atoms with Gasteiger partial charge < -0.3 is 10.6 Å². The zero-order chi connectivity index (χ0) is 13.2. The highest BCUT2D eigenvalue weighted by Gasteiger charge is 2.21. The molecule has 1 aliphatic rings. The minimum Gasteiger partial charge on any atom is -0.338 e. The second-order valence-corrected chi connectivity index (χ2v) is 6.76. The zero-order valence-corrected chi connectivity index (χ0v) is 12.1. The summed E-state index contributed by atoms with van der Waals surface area (Å²) in [5, 5.41) is 8.84. The van der Waals surface area contributed by atoms with Gasteiger partial charge in [0.15, 0.2) is 0 Å². The Morgan fingerprint density at radius 2 is 2.17 bits per heavy atom. The summed E-state index contributed by atoms with van der Waals surface area (Å²) >= 11 is 1.65. The van der Waals surface area contributed by atoms with E-state index in [9.17, 15) is 4.79 Å². The molecule has 0 atom stereocenters. The largest absolute Gasteiger partial charge is 0.338 e. The predicted molar refractivity (Wildman–Crippen MR) is 73.8 cm³/mol. The summed E-state index contributed by atoms with van der Waals surface area (Å²) in [6.45, 7) is 7.74. The van der Waals surface area contributed by atoms with E-state index >= 15 is 0 Å². The topological polar surface area (TPSA) is 54.0 Å². The van der Waals surface area contributed by atoms with Crippen molar-refractivity contribution in [3.63, 3.8) is 0 Å². The quantitative estimate of drug-likeness (QED) is 0.881. The van der Waals surface area contributed by atoms with Gasteiger partial charge in [0.2, 0.25) is 0 Å². The minimum atomic E-state index is -0.0905. The number of amides is 2. The van der Waals surface area contributed by atoms with Crippen LogP contribution < -0.4 is 10.6 Å². The number of nitrogens with one attached hydrogen (secondary N) is 2. The van der Waals surface area contributed by atoms with Crippen LogP contribution in [0.15, 0.2) is 5.38 Å². The Hall–Kier alpha value is -1.10. The van der Waals surface area contributed by atoms with Crippen molar-refractivity contribution in [3.8, 4) is 0 Å². The van der Waals surface area contributed by atoms with Gasteiger partial charge >= 0.3 is 6.03 Å². The molecule has 1 saturated carbocycles. The molecule has 1 aromatic heterocycles. The second-order valence-electron chi connectivity index (χ2n) is 5.90. The van der Waals surface area contributed by atoms with Crippen LogP contribution in [0.2, 0.25) is 0 Å². The van der Waals surface area contributed by atoms with Crippen LogP contribution >= 0.6 is 11.3 Å². The van der Waals surface area contributed by atoms with Crippen LogP contribution in [0.4, 0.5) is 4.79 Å². The van der Waals surface area contributed by atoms with Crippen LogP contribution in [0.3, 0.4) is 0 Å². The molecular formula is C13H21N3OS. The SMILES string of the molecule is CC(C)(C)c1nc(CNC(=O)NCC2CC2)cs1. The lowest BCUT2D eigenvalue weighted by atomic mass is 9.98. The highest BCUT2D eigenvalue weighted by atomic mass is 32.1. The molecule has 0 aliphatic heterocycles. The summed E-state index contributed by atoms with van der Waals surface area (Å²) < 4.78 is 0. The van der Waals surface area contributed by atoms with Crippen LogP contribution in [-0.2, 0) is 12.0 Å². The molecule has 0 spiro atoms. The first-order valence-corrected chi connectivity index (χ1v) is 7.29. The Morgan fingerprint density at radius 1 is 1.44 bits per heavy atom. The van der Waals surface area contributed by atoms with Crippen LogP contribution in [-0.4, -0.2) is 17.6 Å². The average Bonchev–Trinajstić information content (AvgIpc) is 2.98. The molecule has 100 valence electrons. The first-order chi connectivity index (χ1) is 8.45. The van der Waals surface area contributed by atoms with E-state index in [2.05, 4.69) is 36.4 Å². The molecular weight excluding hydrogens is 246 g/mol. The van der Waals surface area contributed by atoms with Gasteiger partial charge in [0.25, 0.3) is 0 Å². The standard InChI is InChI=1S/C13H21N3OS/c1-13(2,3)11-16-10(8-18-11)7-15-12(17)14-6-9-4-5-9/h8-9H,4-7H2,1-3H3,(H2,14,15,17). The molecule has 4 nitrogen and oxygen atoms in total. The molecule has 2 amide bonds. The van der Waals surface area contributed by atoms with E-state index < -0.39 is 0 Å². The van der Waals surface area contributed by atoms with Crippen molar-refractivity contribution in [3.05, 3.63) is 16.1 Å². The molecule has 0 radical (unpaired) electrons. The van der Waals surface area contributed by atoms with Gasteiger partial charge in [-0.3, -0.25) is 0 Å². The van der Waals surface area contributed by atoms with E-state index in [-0.39, 0.29) is 11.4 Å². The maximum Gasteiger partial charge on any atom is 0.315 e. The van der Waals surface area contributed by atoms with Gasteiger partial charge in [0.1, 0.15) is 0 Å². The molecule has 0 unspecified atom stereocenters. The van der Waals surface area contributed by atoms with Crippen molar-refractivity contribution >= 4 is 17.4 Å². The second kappa shape index (κ2) is 5.26. The normalized spacial score (nSPS) is 15.5. The number of carbonyl (C=O) groups excluding carboxylic acids is 1. The van der Waals surface area contributed by atoms with Gasteiger partial charge in [-0.25, -0.2) is 9.78 Å². The number of aromatic nitrogens is 1. The number of hydrogen-bond acceptors (Lipinski definition) is 3. The Balaban J connectivity index is 1.75. The van der Waals surface area contributed by atoms with Gasteiger partial charge in [0.05, 0.1) is 17.2 Å². The fourth-order valence-electron chi connectivity index (χ4n) is 1.52. The van der Waals surface area contributed by atoms with E-state index in [0.717, 1.165) is 17.2 Å². The fraction of sp³-hybridized carbons (Fsp3) is 0.692. The van der Waals surface area contributed by atoms with E-state index in [0.29, 0.717) is 12.5 Å². The summed E-state index contributed by atoms with van der Waals surface area (Å²) in [7, 11) is 0. The number of urea groups is 1. The van der Waals surface area contributed by atoms with Gasteiger partial charge in [-0.1, -0.05) is 20.8 Å². The molecule has 18 heavy (non-hydrogen) atoms. The molecule has 0 aromatic carbocycles. The van der Waals surface area contributed by atoms with E-state index in [1.54, 1.807) is 11.3 Å². The molecule has 1 aliphatic carbocycles. The molecule has 1 heterocycles. The summed E-state index contributed by atoms with van der Waals surface area (Å²) in [4.78, 5) is 16.0. The third kappa shape index (κ3) is 3.98. The third-order valence-corrected chi connectivity index (χ3v) is 4.19. The highest BCUT2D eigenvalue weighted by molar-refractivity contribution is 7.09. The molecule has 1 fully saturated rings. The van der Waals surface area contributed by atoms with Gasteiger partial charge in [-0.15, -0.1) is 11.3 Å². The zero-order valence-electron chi connectivity index (χ0n) is 11.2. The van der Waals surface area contributed by atoms with Crippen molar-refractivity contribution < 1.29 is 4.79 Å². The number of nitrogens with zero attached hydrogens (tertiary/aromatic N) is 1. The van der Waals surface area contributed by atoms with E-state index in [1.807, 2.05) is 5.38 Å². The van der Waals surface area contributed by atoms with Crippen molar-refractivity contribution in [2.24, 2.45) is 5.92 Å². The maximum absolute atomic E-state index is 11.5. The number of hydrogen-bond donors (Lipinski definition) is 2. The molecule has 0 bridgehead atoms. The highest BCUT2D eigenvalue weighted by Crippen LogP contribution is 2.27. The fourth-order valence-corrected chi connectivity index (χ4v) is 2.43. The maximum atomic E-state index is 11.5. The molecule has 2 rings (SSSR count). The lowest BCUT2D eigenvalue weighted by Gasteiger charge is -2.13. The number of thiazole rings is 1. The summed E-state index contributed by atoms with van der Waals surface area (Å²) in [5.41, 5.74) is 1.02. The van der Waals surface area contributed by atoms with Gasteiger partial charge in [-0.05, 0) is 18.8 Å². The van der Waals surface area contributed by atoms with Gasteiger partial charge in [-0.2, -0.15) is 0 Å². The first-order valence-electron chi connectivity index (χ1n) is 6.42. The monoisotopic (exact) mass is 267 g/mol. The molecule has 0 saturated heterocycles. The van der Waals surface area contributed by atoms with Crippen molar-refractivity contribution in [1.82, 2.24) is 15.6 Å². The lowest BCUT2D eigenvalue weighted by Crippen LogP contribution is -2.36. The Kier molecular flexibility index (Phi) is 3.90. The van der Waals surface area contributed by atoms with Crippen molar-refractivity contribution in [1.29, 1.82) is 0 Å². The lowest BCUT2D eigenvalue weighted by molar-refractivity contribution is 0.240. The predicted octanol–water partition coefficient (Wildman–Crippen LogP) is 2.65. The summed E-state index contributed by atoms with van der Waals surface area (Å²) in [6, 6.07) is -0.0905. The van der Waals surface area contributed by atoms with Crippen molar-refractivity contribution in [2.45, 2.75) is 45.6 Å². The van der Waals surface area contributed by atoms with Crippen LogP contribution in [0.25, 0.3) is 0 Å². The number of carbonyl (C=O) groups is 1. The summed E-state index contributed by atoms with van der Waals surface area (Å²) in [6.07, 6.45) is 2.50. The number of rotatable bonds is 4. The molecule has 5 heteroatoms. The smallest absolute Gasteiger partial charge is 0.315 e. The molecule has 1 aromatic rings. The van der Waals surface area contributed by atoms with Crippen LogP contribution in [0.5, 0.6) is 0 Å². The summed E-state index contributed by atoms with van der Waals surface area (Å²) in [5.74, 6) is 0.711. The van der Waals surface area contributed by atoms with E-state index in [1.165, 1.54) is 12.8 Å². The van der Waals surface area contributed by atoms with Gasteiger partial charge in [0, 0.05) is 17.3 Å². The Morgan fingerprint density at radius 3 is 2.72 bits per heavy atom. The van der Waals surface area contributed by atoms with Crippen molar-refractivity contribution in [2.75, 3.05) is 6.54 Å². The van der Waals surface area contributed by atoms with E-state index in [4.69, 9.17) is 0 Å². The molecule has 2 N–H and O–H groups in total. The Bertz CT molecular complexity index is 418. The minimum absolute atomic E-state index is 0.0805. The Labute approximate surface area is 112 Å². The first kappa shape index (κ1) is 13.3. The van der Waals surface area contributed by atoms with Crippen LogP contribution in [0.1, 0.15) is 44.3 Å².